The zero-order valence-electron chi connectivity index (χ0n) is 23.4. The van der Waals surface area contributed by atoms with Crippen LogP contribution in [0.1, 0.15) is 31.2 Å². The van der Waals surface area contributed by atoms with Crippen LogP contribution in [0.5, 0.6) is 5.75 Å². The Hall–Kier alpha value is -4.29. The Morgan fingerprint density at radius 1 is 1.22 bits per heavy atom. The summed E-state index contributed by atoms with van der Waals surface area (Å²) >= 11 is 1.44. The molecule has 12 heteroatoms. The van der Waals surface area contributed by atoms with Gasteiger partial charge in [-0.25, -0.2) is 9.97 Å². The molecule has 1 aromatic carbocycles. The highest BCUT2D eigenvalue weighted by atomic mass is 32.1. The number of aryl methyl sites for hydroxylation is 1. The van der Waals surface area contributed by atoms with Gasteiger partial charge in [0.2, 0.25) is 5.91 Å². The summed E-state index contributed by atoms with van der Waals surface area (Å²) in [4.78, 5) is 24.6. The van der Waals surface area contributed by atoms with Crippen LogP contribution < -0.4 is 15.4 Å². The molecule has 5 heterocycles. The number of benzene rings is 1. The van der Waals surface area contributed by atoms with Gasteiger partial charge in [-0.15, -0.1) is 0 Å². The molecule has 1 unspecified atom stereocenters. The van der Waals surface area contributed by atoms with Crippen LogP contribution in [0, 0.1) is 12.8 Å². The minimum absolute atomic E-state index is 0.0617. The number of hydrogen-bond acceptors (Lipinski definition) is 9. The maximum absolute atomic E-state index is 12.7. The van der Waals surface area contributed by atoms with E-state index in [0.717, 1.165) is 53.2 Å². The monoisotopic (exact) mass is 571 g/mol. The van der Waals surface area contributed by atoms with Crippen LogP contribution in [0.4, 0.5) is 16.5 Å². The summed E-state index contributed by atoms with van der Waals surface area (Å²) in [6.45, 7) is 7.46. The predicted molar refractivity (Wildman–Crippen MR) is 160 cm³/mol. The second kappa shape index (κ2) is 11.7. The molecule has 1 atom stereocenters. The first-order chi connectivity index (χ1) is 19.9. The summed E-state index contributed by atoms with van der Waals surface area (Å²) < 4.78 is 13.6. The molecule has 0 saturated carbocycles. The SMILES string of the molecule is COc1ccccc1NC(=O)Cn1cc(-c2cnc3c(Nc4cc(CN5CCCC(C)C5)ns4)nc(C)cn23)cn1. The Morgan fingerprint density at radius 3 is 2.95 bits per heavy atom. The fourth-order valence-electron chi connectivity index (χ4n) is 5.29. The van der Waals surface area contributed by atoms with Gasteiger partial charge in [0.25, 0.3) is 0 Å². The lowest BCUT2D eigenvalue weighted by atomic mass is 10.0. The zero-order valence-corrected chi connectivity index (χ0v) is 24.2. The number of hydrogen-bond donors (Lipinski definition) is 2. The number of likely N-dealkylation sites (tertiary alicyclic amines) is 1. The number of anilines is 3. The van der Waals surface area contributed by atoms with Crippen molar-refractivity contribution >= 4 is 39.6 Å². The summed E-state index contributed by atoms with van der Waals surface area (Å²) in [5, 5.41) is 11.7. The maximum Gasteiger partial charge on any atom is 0.246 e. The summed E-state index contributed by atoms with van der Waals surface area (Å²) in [6, 6.07) is 9.41. The topological polar surface area (TPSA) is 114 Å². The molecule has 1 amide bonds. The summed E-state index contributed by atoms with van der Waals surface area (Å²) in [6.07, 6.45) is 9.88. The Balaban J connectivity index is 1.17. The molecule has 212 valence electrons. The molecule has 4 aromatic heterocycles. The van der Waals surface area contributed by atoms with Gasteiger partial charge in [-0.3, -0.25) is 18.8 Å². The molecule has 5 aromatic rings. The molecule has 11 nitrogen and oxygen atoms in total. The van der Waals surface area contributed by atoms with E-state index in [0.29, 0.717) is 22.9 Å². The number of carbonyl (C=O) groups excluding carboxylic acids is 1. The molecule has 1 fully saturated rings. The Kier molecular flexibility index (Phi) is 7.66. The van der Waals surface area contributed by atoms with Crippen LogP contribution in [-0.2, 0) is 17.9 Å². The molecule has 6 rings (SSSR count). The molecule has 1 aliphatic rings. The smallest absolute Gasteiger partial charge is 0.246 e. The average molecular weight is 572 g/mol. The first-order valence-electron chi connectivity index (χ1n) is 13.7. The normalized spacial score (nSPS) is 15.7. The van der Waals surface area contributed by atoms with Crippen LogP contribution in [0.25, 0.3) is 16.9 Å². The van der Waals surface area contributed by atoms with Crippen molar-refractivity contribution in [2.75, 3.05) is 30.8 Å². The number of imidazole rings is 1. The number of nitrogens with one attached hydrogen (secondary N) is 2. The molecule has 1 aliphatic heterocycles. The lowest BCUT2D eigenvalue weighted by Crippen LogP contribution is -2.33. The second-order valence-corrected chi connectivity index (χ2v) is 11.3. The highest BCUT2D eigenvalue weighted by molar-refractivity contribution is 7.10. The van der Waals surface area contributed by atoms with Crippen molar-refractivity contribution in [3.8, 4) is 17.0 Å². The van der Waals surface area contributed by atoms with Gasteiger partial charge in [-0.1, -0.05) is 19.1 Å². The third kappa shape index (κ3) is 6.08. The fourth-order valence-corrected chi connectivity index (χ4v) is 5.95. The first-order valence-corrected chi connectivity index (χ1v) is 14.5. The van der Waals surface area contributed by atoms with Crippen LogP contribution in [0.15, 0.2) is 55.1 Å². The van der Waals surface area contributed by atoms with E-state index in [9.17, 15) is 4.79 Å². The first kappa shape index (κ1) is 26.9. The van der Waals surface area contributed by atoms with E-state index in [-0.39, 0.29) is 12.5 Å². The van der Waals surface area contributed by atoms with Crippen LogP contribution in [0.2, 0.25) is 0 Å². The zero-order chi connectivity index (χ0) is 28.3. The van der Waals surface area contributed by atoms with Crippen LogP contribution >= 0.6 is 11.5 Å². The number of para-hydroxylation sites is 2. The van der Waals surface area contributed by atoms with Crippen LogP contribution in [0.3, 0.4) is 0 Å². The van der Waals surface area contributed by atoms with E-state index in [1.54, 1.807) is 36.3 Å². The van der Waals surface area contributed by atoms with Gasteiger partial charge in [-0.05, 0) is 62.0 Å². The lowest BCUT2D eigenvalue weighted by Gasteiger charge is -2.30. The number of nitrogens with zero attached hydrogens (tertiary/aromatic N) is 7. The Bertz CT molecular complexity index is 1670. The third-order valence-electron chi connectivity index (χ3n) is 7.16. The minimum Gasteiger partial charge on any atom is -0.495 e. The Labute approximate surface area is 242 Å². The Morgan fingerprint density at radius 2 is 2.10 bits per heavy atom. The molecule has 0 radical (unpaired) electrons. The van der Waals surface area contributed by atoms with Crippen molar-refractivity contribution in [1.82, 2.24) is 33.4 Å². The maximum atomic E-state index is 12.7. The molecule has 1 saturated heterocycles. The number of carbonyl (C=O) groups is 1. The number of amides is 1. The molecule has 0 bridgehead atoms. The second-order valence-electron chi connectivity index (χ2n) is 10.5. The van der Waals surface area contributed by atoms with Gasteiger partial charge in [0.1, 0.15) is 17.3 Å². The summed E-state index contributed by atoms with van der Waals surface area (Å²) in [5.41, 5.74) is 4.93. The fraction of sp³-hybridized carbons (Fsp3) is 0.345. The lowest BCUT2D eigenvalue weighted by molar-refractivity contribution is -0.116. The van der Waals surface area contributed by atoms with Crippen molar-refractivity contribution in [3.05, 3.63) is 66.5 Å². The predicted octanol–water partition coefficient (Wildman–Crippen LogP) is 4.98. The van der Waals surface area contributed by atoms with E-state index >= 15 is 0 Å². The number of ether oxygens (including phenoxy) is 1. The summed E-state index contributed by atoms with van der Waals surface area (Å²) in [5.74, 6) is 1.81. The molecular weight excluding hydrogens is 538 g/mol. The molecular formula is C29H33N9O2S. The van der Waals surface area contributed by atoms with E-state index in [4.69, 9.17) is 9.72 Å². The highest BCUT2D eigenvalue weighted by Gasteiger charge is 2.19. The van der Waals surface area contributed by atoms with Gasteiger partial charge >= 0.3 is 0 Å². The van der Waals surface area contributed by atoms with E-state index in [2.05, 4.69) is 43.0 Å². The van der Waals surface area contributed by atoms with Crippen molar-refractivity contribution in [2.45, 2.75) is 39.8 Å². The van der Waals surface area contributed by atoms with E-state index in [1.807, 2.05) is 35.9 Å². The number of methoxy groups -OCH3 is 1. The highest BCUT2D eigenvalue weighted by Crippen LogP contribution is 2.29. The van der Waals surface area contributed by atoms with Gasteiger partial charge in [0, 0.05) is 31.0 Å². The number of piperidine rings is 1. The number of rotatable bonds is 9. The van der Waals surface area contributed by atoms with Crippen molar-refractivity contribution in [2.24, 2.45) is 5.92 Å². The van der Waals surface area contributed by atoms with Crippen LogP contribution in [-0.4, -0.2) is 59.5 Å². The largest absolute Gasteiger partial charge is 0.495 e. The number of fused-ring (bicyclic) bond motifs is 1. The standard InChI is InChI=1S/C29H33N9O2S/c1-19-7-6-10-36(14-19)17-22-11-27(41-35-22)34-28-29-30-13-24(38(29)15-20(2)32-28)21-12-31-37(16-21)18-26(39)33-23-8-4-5-9-25(23)40-3/h4-5,8-9,11-13,15-16,19H,6-7,10,14,17-18H2,1-3H3,(H,32,34)(H,33,39). The van der Waals surface area contributed by atoms with E-state index < -0.39 is 0 Å². The molecule has 0 spiro atoms. The van der Waals surface area contributed by atoms with Gasteiger partial charge in [-0.2, -0.15) is 9.47 Å². The molecule has 41 heavy (non-hydrogen) atoms. The minimum atomic E-state index is -0.201. The van der Waals surface area contributed by atoms with Crippen molar-refractivity contribution < 1.29 is 9.53 Å². The molecule has 0 aliphatic carbocycles. The van der Waals surface area contributed by atoms with E-state index in [1.165, 1.54) is 24.4 Å². The quantitative estimate of drug-likeness (QED) is 0.255. The average Bonchev–Trinajstić information content (AvgIpc) is 3.69. The van der Waals surface area contributed by atoms with Crippen molar-refractivity contribution in [3.63, 3.8) is 0 Å². The number of aromatic nitrogens is 6. The van der Waals surface area contributed by atoms with Gasteiger partial charge in [0.05, 0.1) is 42.3 Å². The van der Waals surface area contributed by atoms with Gasteiger partial charge in [0.15, 0.2) is 11.5 Å². The van der Waals surface area contributed by atoms with Crippen molar-refractivity contribution in [1.29, 1.82) is 0 Å². The van der Waals surface area contributed by atoms with Gasteiger partial charge < -0.3 is 15.4 Å². The third-order valence-corrected chi connectivity index (χ3v) is 7.90. The summed E-state index contributed by atoms with van der Waals surface area (Å²) in [7, 11) is 1.57. The molecule has 2 N–H and O–H groups in total.